The number of rotatable bonds is 5. The molecule has 3 atom stereocenters. The van der Waals surface area contributed by atoms with Crippen LogP contribution >= 0.6 is 0 Å². The zero-order chi connectivity index (χ0) is 13.1. The topological polar surface area (TPSA) is 49.8 Å². The molecule has 1 heterocycles. The molecule has 104 valence electrons. The molecule has 2 aliphatic rings. The molecule has 1 aliphatic heterocycles. The molecular weight excluding hydrogens is 230 g/mol. The normalized spacial score (nSPS) is 32.7. The second kappa shape index (κ2) is 6.02. The van der Waals surface area contributed by atoms with E-state index < -0.39 is 5.97 Å². The quantitative estimate of drug-likeness (QED) is 0.817. The molecule has 0 aromatic carbocycles. The van der Waals surface area contributed by atoms with Crippen LogP contribution in [-0.4, -0.2) is 47.3 Å². The number of carbonyl (C=O) groups is 1. The van der Waals surface area contributed by atoms with Crippen molar-refractivity contribution in [3.8, 4) is 0 Å². The largest absolute Gasteiger partial charge is 0.480 e. The third-order valence-electron chi connectivity index (χ3n) is 4.31. The van der Waals surface area contributed by atoms with Crippen LogP contribution in [0.15, 0.2) is 0 Å². The fourth-order valence-electron chi connectivity index (χ4n) is 3.51. The van der Waals surface area contributed by atoms with Gasteiger partial charge in [-0.05, 0) is 39.0 Å². The van der Waals surface area contributed by atoms with Gasteiger partial charge in [-0.25, -0.2) is 0 Å². The first-order valence-electron chi connectivity index (χ1n) is 7.19. The number of hydrogen-bond donors (Lipinski definition) is 1. The van der Waals surface area contributed by atoms with Gasteiger partial charge in [-0.2, -0.15) is 0 Å². The van der Waals surface area contributed by atoms with Gasteiger partial charge in [-0.1, -0.05) is 12.8 Å². The average molecular weight is 255 g/mol. The Morgan fingerprint density at radius 1 is 1.39 bits per heavy atom. The number of fused-ring (bicyclic) bond motifs is 1. The Morgan fingerprint density at radius 2 is 2.11 bits per heavy atom. The van der Waals surface area contributed by atoms with Crippen molar-refractivity contribution in [3.05, 3.63) is 0 Å². The first kappa shape index (κ1) is 13.8. The Labute approximate surface area is 109 Å². The van der Waals surface area contributed by atoms with E-state index in [4.69, 9.17) is 4.74 Å². The number of likely N-dealkylation sites (tertiary alicyclic amines) is 1. The highest BCUT2D eigenvalue weighted by atomic mass is 16.5. The third-order valence-corrected chi connectivity index (χ3v) is 4.31. The minimum absolute atomic E-state index is 0.220. The van der Waals surface area contributed by atoms with Crippen molar-refractivity contribution in [2.45, 2.75) is 64.1 Å². The number of ether oxygens (including phenoxy) is 1. The summed E-state index contributed by atoms with van der Waals surface area (Å²) >= 11 is 0. The lowest BCUT2D eigenvalue weighted by molar-refractivity contribution is -0.143. The fraction of sp³-hybridized carbons (Fsp3) is 0.929. The Bertz CT molecular complexity index is 293. The maximum Gasteiger partial charge on any atom is 0.320 e. The predicted molar refractivity (Wildman–Crippen MR) is 69.6 cm³/mol. The summed E-state index contributed by atoms with van der Waals surface area (Å²) in [6.45, 7) is 5.44. The van der Waals surface area contributed by atoms with Crippen LogP contribution in [-0.2, 0) is 9.53 Å². The van der Waals surface area contributed by atoms with Crippen LogP contribution in [0.2, 0.25) is 0 Å². The van der Waals surface area contributed by atoms with Crippen LogP contribution in [0.3, 0.4) is 0 Å². The molecule has 0 unspecified atom stereocenters. The van der Waals surface area contributed by atoms with Crippen molar-refractivity contribution < 1.29 is 14.6 Å². The van der Waals surface area contributed by atoms with Gasteiger partial charge < -0.3 is 9.84 Å². The monoisotopic (exact) mass is 255 g/mol. The van der Waals surface area contributed by atoms with Gasteiger partial charge in [0.25, 0.3) is 0 Å². The van der Waals surface area contributed by atoms with Crippen LogP contribution in [0.25, 0.3) is 0 Å². The summed E-state index contributed by atoms with van der Waals surface area (Å²) in [4.78, 5) is 13.6. The molecular formula is C14H25NO3. The first-order valence-corrected chi connectivity index (χ1v) is 7.19. The van der Waals surface area contributed by atoms with E-state index in [1.165, 1.54) is 19.3 Å². The number of carboxylic acids is 1. The highest BCUT2D eigenvalue weighted by Gasteiger charge is 2.44. The van der Waals surface area contributed by atoms with Gasteiger partial charge in [0.15, 0.2) is 0 Å². The number of carboxylic acid groups (broad SMARTS) is 1. The molecule has 0 radical (unpaired) electrons. The molecule has 18 heavy (non-hydrogen) atoms. The number of nitrogens with zero attached hydrogens (tertiary/aromatic N) is 1. The van der Waals surface area contributed by atoms with Crippen LogP contribution in [0.4, 0.5) is 0 Å². The van der Waals surface area contributed by atoms with Gasteiger partial charge in [-0.3, -0.25) is 9.69 Å². The van der Waals surface area contributed by atoms with Crippen molar-refractivity contribution in [1.82, 2.24) is 4.90 Å². The zero-order valence-corrected chi connectivity index (χ0v) is 11.5. The van der Waals surface area contributed by atoms with Crippen LogP contribution in [0.5, 0.6) is 0 Å². The Hall–Kier alpha value is -0.610. The standard InChI is InChI=1S/C14H25NO3/c1-10(2)18-8-7-15-12-6-4-3-5-11(12)9-13(15)14(16)17/h10-13H,3-9H2,1-2H3,(H,16,17)/t11-,12+,13-/m0/s1. The van der Waals surface area contributed by atoms with E-state index >= 15 is 0 Å². The van der Waals surface area contributed by atoms with E-state index in [2.05, 4.69) is 4.90 Å². The molecule has 4 heteroatoms. The van der Waals surface area contributed by atoms with Gasteiger partial charge in [0.2, 0.25) is 0 Å². The second-order valence-electron chi connectivity index (χ2n) is 5.86. The minimum Gasteiger partial charge on any atom is -0.480 e. The molecule has 0 aromatic rings. The second-order valence-corrected chi connectivity index (χ2v) is 5.86. The average Bonchev–Trinajstić information content (AvgIpc) is 2.68. The van der Waals surface area contributed by atoms with E-state index in [0.717, 1.165) is 19.4 Å². The Balaban J connectivity index is 1.95. The van der Waals surface area contributed by atoms with E-state index in [1.54, 1.807) is 0 Å². The number of hydrogen-bond acceptors (Lipinski definition) is 3. The summed E-state index contributed by atoms with van der Waals surface area (Å²) in [7, 11) is 0. The molecule has 1 N–H and O–H groups in total. The lowest BCUT2D eigenvalue weighted by Gasteiger charge is -2.33. The predicted octanol–water partition coefficient (Wildman–Crippen LogP) is 2.13. The maximum absolute atomic E-state index is 11.4. The SMILES string of the molecule is CC(C)OCCN1[C@@H]2CCCC[C@H]2C[C@H]1C(=O)O. The molecule has 2 fully saturated rings. The maximum atomic E-state index is 11.4. The molecule has 0 amide bonds. The highest BCUT2D eigenvalue weighted by molar-refractivity contribution is 5.74. The molecule has 1 saturated heterocycles. The van der Waals surface area contributed by atoms with Gasteiger partial charge in [0, 0.05) is 12.6 Å². The van der Waals surface area contributed by atoms with E-state index in [-0.39, 0.29) is 12.1 Å². The third kappa shape index (κ3) is 3.04. The van der Waals surface area contributed by atoms with Crippen LogP contribution in [0.1, 0.15) is 46.0 Å². The summed E-state index contributed by atoms with van der Waals surface area (Å²) in [5.74, 6) is -0.0622. The summed E-state index contributed by atoms with van der Waals surface area (Å²) in [6, 6.07) is 0.199. The van der Waals surface area contributed by atoms with Crippen molar-refractivity contribution >= 4 is 5.97 Å². The molecule has 1 aliphatic carbocycles. The first-order chi connectivity index (χ1) is 8.59. The number of aliphatic carboxylic acids is 1. The minimum atomic E-state index is -0.658. The van der Waals surface area contributed by atoms with Crippen molar-refractivity contribution in [3.63, 3.8) is 0 Å². The molecule has 1 saturated carbocycles. The van der Waals surface area contributed by atoms with E-state index in [0.29, 0.717) is 18.6 Å². The van der Waals surface area contributed by atoms with Gasteiger partial charge >= 0.3 is 5.97 Å². The zero-order valence-electron chi connectivity index (χ0n) is 11.5. The van der Waals surface area contributed by atoms with Crippen molar-refractivity contribution in [2.75, 3.05) is 13.2 Å². The van der Waals surface area contributed by atoms with Gasteiger partial charge in [-0.15, -0.1) is 0 Å². The lowest BCUT2D eigenvalue weighted by Crippen LogP contribution is -2.44. The molecule has 0 spiro atoms. The summed E-state index contributed by atoms with van der Waals surface area (Å²) in [6.07, 6.45) is 5.94. The molecule has 0 aromatic heterocycles. The van der Waals surface area contributed by atoms with Crippen molar-refractivity contribution in [2.24, 2.45) is 5.92 Å². The summed E-state index contributed by atoms with van der Waals surface area (Å²) in [5.41, 5.74) is 0. The molecule has 4 nitrogen and oxygen atoms in total. The van der Waals surface area contributed by atoms with E-state index in [1.807, 2.05) is 13.8 Å². The smallest absolute Gasteiger partial charge is 0.320 e. The Kier molecular flexibility index (Phi) is 4.62. The van der Waals surface area contributed by atoms with Crippen molar-refractivity contribution in [1.29, 1.82) is 0 Å². The Morgan fingerprint density at radius 3 is 2.78 bits per heavy atom. The van der Waals surface area contributed by atoms with Crippen LogP contribution in [0, 0.1) is 5.92 Å². The summed E-state index contributed by atoms with van der Waals surface area (Å²) in [5, 5.41) is 9.36. The fourth-order valence-corrected chi connectivity index (χ4v) is 3.51. The molecule has 2 rings (SSSR count). The molecule has 0 bridgehead atoms. The van der Waals surface area contributed by atoms with Crippen LogP contribution < -0.4 is 0 Å². The summed E-state index contributed by atoms with van der Waals surface area (Å²) < 4.78 is 5.58. The van der Waals surface area contributed by atoms with Gasteiger partial charge in [0.1, 0.15) is 6.04 Å². The van der Waals surface area contributed by atoms with Gasteiger partial charge in [0.05, 0.1) is 12.7 Å². The highest BCUT2D eigenvalue weighted by Crippen LogP contribution is 2.39. The lowest BCUT2D eigenvalue weighted by atomic mass is 9.85. The van der Waals surface area contributed by atoms with E-state index in [9.17, 15) is 9.90 Å².